The van der Waals surface area contributed by atoms with Crippen LogP contribution in [0.1, 0.15) is 13.3 Å². The summed E-state index contributed by atoms with van der Waals surface area (Å²) in [7, 11) is 0. The van der Waals surface area contributed by atoms with Gasteiger partial charge in [0.2, 0.25) is 0 Å². The Morgan fingerprint density at radius 1 is 1.38 bits per heavy atom. The van der Waals surface area contributed by atoms with Gasteiger partial charge in [-0.05, 0) is 6.42 Å². The first-order chi connectivity index (χ1) is 2.91. The normalized spacial score (nSPS) is 4.12. The minimum absolute atomic E-state index is 0. The van der Waals surface area contributed by atoms with Gasteiger partial charge in [0.25, 0.3) is 0 Å². The van der Waals surface area contributed by atoms with Crippen LogP contribution in [-0.2, 0) is 21.0 Å². The second-order valence-corrected chi connectivity index (χ2v) is 0.724. The fourth-order valence-electron chi connectivity index (χ4n) is 0. The van der Waals surface area contributed by atoms with E-state index in [0.717, 1.165) is 23.8 Å². The Balaban J connectivity index is -0.0000000183. The number of aliphatic hydroxyl groups excluding tert-OH is 1. The predicted octanol–water partition coefficient (Wildman–Crippen LogP) is 1.42. The standard InChI is InChI=1S/C3H8O.2BrH.O.V/c1-2-3-4;;;;/h4H,2-3H2,1H3;2*1H;;. The molecule has 0 amide bonds. The van der Waals surface area contributed by atoms with Gasteiger partial charge < -0.3 is 5.11 Å². The van der Waals surface area contributed by atoms with Crippen LogP contribution in [0.25, 0.3) is 0 Å². The quantitative estimate of drug-likeness (QED) is 0.792. The molecule has 0 fully saturated rings. The molecule has 0 heterocycles. The Bertz CT molecular complexity index is 22.8. The Morgan fingerprint density at radius 2 is 1.50 bits per heavy atom. The summed E-state index contributed by atoms with van der Waals surface area (Å²) in [5.74, 6) is 0. The van der Waals surface area contributed by atoms with Crippen LogP contribution in [0.2, 0.25) is 0 Å². The summed E-state index contributed by atoms with van der Waals surface area (Å²) in [5, 5.41) is 7.88. The fraction of sp³-hybridized carbons (Fsp3) is 1.00. The average molecular weight is 289 g/mol. The van der Waals surface area contributed by atoms with Crippen molar-refractivity contribution in [3.8, 4) is 0 Å². The summed E-state index contributed by atoms with van der Waals surface area (Å²) in [5.41, 5.74) is 0. The van der Waals surface area contributed by atoms with Gasteiger partial charge in [-0.2, -0.15) is 0 Å². The van der Waals surface area contributed by atoms with Crippen molar-refractivity contribution in [3.05, 3.63) is 0 Å². The van der Waals surface area contributed by atoms with E-state index in [1.807, 2.05) is 6.92 Å². The van der Waals surface area contributed by atoms with E-state index in [-0.39, 0.29) is 34.0 Å². The number of hydrogen-bond donors (Lipinski definition) is 1. The molecule has 0 radical (unpaired) electrons. The topological polar surface area (TPSA) is 37.3 Å². The van der Waals surface area contributed by atoms with Gasteiger partial charge in [-0.3, -0.25) is 0 Å². The van der Waals surface area contributed by atoms with Crippen molar-refractivity contribution in [2.75, 3.05) is 6.61 Å². The Labute approximate surface area is 79.8 Å². The molecule has 0 aromatic carbocycles. The summed E-state index contributed by atoms with van der Waals surface area (Å²) >= 11 is 1.06. The van der Waals surface area contributed by atoms with E-state index in [1.54, 1.807) is 0 Å². The third kappa shape index (κ3) is 54.7. The first-order valence-electron chi connectivity index (χ1n) is 1.71. The van der Waals surface area contributed by atoms with E-state index in [0.29, 0.717) is 6.61 Å². The molecule has 0 spiro atoms. The van der Waals surface area contributed by atoms with E-state index in [4.69, 9.17) is 8.78 Å². The number of hydrogen-bond acceptors (Lipinski definition) is 2. The molecule has 0 aromatic heterocycles. The van der Waals surface area contributed by atoms with Gasteiger partial charge in [-0.25, -0.2) is 0 Å². The van der Waals surface area contributed by atoms with Crippen LogP contribution in [0.4, 0.5) is 0 Å². The first kappa shape index (κ1) is 22.8. The zero-order valence-electron chi connectivity index (χ0n) is 4.53. The molecule has 0 rings (SSSR count). The minimum atomic E-state index is 0. The SMILES string of the molecule is Br.Br.CCCO.[O]=[V]. The van der Waals surface area contributed by atoms with Gasteiger partial charge in [0.15, 0.2) is 0 Å². The summed E-state index contributed by atoms with van der Waals surface area (Å²) in [4.78, 5) is 0. The van der Waals surface area contributed by atoms with Gasteiger partial charge in [-0.1, -0.05) is 6.92 Å². The molecule has 0 aliphatic rings. The molecule has 0 atom stereocenters. The fourth-order valence-corrected chi connectivity index (χ4v) is 0. The van der Waals surface area contributed by atoms with Gasteiger partial charge in [0.05, 0.1) is 0 Å². The van der Waals surface area contributed by atoms with Crippen molar-refractivity contribution in [3.63, 3.8) is 0 Å². The molecule has 0 bridgehead atoms. The molecular formula is C3H10Br2O2V. The van der Waals surface area contributed by atoms with Crippen molar-refractivity contribution in [2.45, 2.75) is 13.3 Å². The van der Waals surface area contributed by atoms with Crippen LogP contribution < -0.4 is 0 Å². The van der Waals surface area contributed by atoms with E-state index >= 15 is 0 Å². The second kappa shape index (κ2) is 40.6. The number of rotatable bonds is 1. The maximum absolute atomic E-state index is 8.19. The zero-order valence-corrected chi connectivity index (χ0v) is 9.36. The zero-order chi connectivity index (χ0) is 5.41. The maximum atomic E-state index is 8.19. The van der Waals surface area contributed by atoms with Crippen LogP contribution >= 0.6 is 34.0 Å². The van der Waals surface area contributed by atoms with Crippen molar-refractivity contribution in [2.24, 2.45) is 0 Å². The molecular weight excluding hydrogens is 279 g/mol. The summed E-state index contributed by atoms with van der Waals surface area (Å²) in [6, 6.07) is 0. The monoisotopic (exact) mass is 287 g/mol. The summed E-state index contributed by atoms with van der Waals surface area (Å²) in [6.07, 6.45) is 0.875. The van der Waals surface area contributed by atoms with E-state index in [1.165, 1.54) is 0 Å². The van der Waals surface area contributed by atoms with Gasteiger partial charge in [0, 0.05) is 6.61 Å². The molecule has 0 saturated heterocycles. The van der Waals surface area contributed by atoms with Crippen LogP contribution in [-0.4, -0.2) is 11.7 Å². The van der Waals surface area contributed by atoms with Crippen molar-refractivity contribution in [1.82, 2.24) is 0 Å². The molecule has 1 N–H and O–H groups in total. The molecule has 8 heavy (non-hydrogen) atoms. The average Bonchev–Trinajstić information content (AvgIpc) is 1.72. The van der Waals surface area contributed by atoms with Crippen LogP contribution in [0.15, 0.2) is 0 Å². The molecule has 0 aromatic rings. The Hall–Kier alpha value is 1.30. The van der Waals surface area contributed by atoms with Crippen LogP contribution in [0.3, 0.4) is 0 Å². The molecule has 2 nitrogen and oxygen atoms in total. The predicted molar refractivity (Wildman–Crippen MR) is 38.7 cm³/mol. The van der Waals surface area contributed by atoms with Crippen LogP contribution in [0, 0.1) is 0 Å². The number of aliphatic hydroxyl groups is 1. The van der Waals surface area contributed by atoms with Gasteiger partial charge in [0.1, 0.15) is 0 Å². The van der Waals surface area contributed by atoms with Crippen molar-refractivity contribution >= 4 is 34.0 Å². The molecule has 5 heteroatoms. The second-order valence-electron chi connectivity index (χ2n) is 0.724. The molecule has 53 valence electrons. The van der Waals surface area contributed by atoms with Crippen molar-refractivity contribution in [1.29, 1.82) is 0 Å². The van der Waals surface area contributed by atoms with E-state index in [2.05, 4.69) is 0 Å². The Morgan fingerprint density at radius 3 is 1.50 bits per heavy atom. The molecule has 0 aliphatic carbocycles. The summed E-state index contributed by atoms with van der Waals surface area (Å²) in [6.45, 7) is 2.25. The van der Waals surface area contributed by atoms with E-state index in [9.17, 15) is 0 Å². The molecule has 0 aliphatic heterocycles. The third-order valence-electron chi connectivity index (χ3n) is 0.224. The van der Waals surface area contributed by atoms with Gasteiger partial charge >= 0.3 is 21.0 Å². The van der Waals surface area contributed by atoms with Crippen LogP contribution in [0.5, 0.6) is 0 Å². The molecule has 0 unspecified atom stereocenters. The van der Waals surface area contributed by atoms with Gasteiger partial charge in [-0.15, -0.1) is 34.0 Å². The number of halogens is 2. The third-order valence-corrected chi connectivity index (χ3v) is 0.224. The molecule has 0 saturated carbocycles. The van der Waals surface area contributed by atoms with Crippen molar-refractivity contribution < 1.29 is 26.1 Å². The summed E-state index contributed by atoms with van der Waals surface area (Å²) < 4.78 is 8.19. The van der Waals surface area contributed by atoms with E-state index < -0.39 is 0 Å². The first-order valence-corrected chi connectivity index (χ1v) is 2.28. The Kier molecular flexibility index (Phi) is 116.